The normalized spacial score (nSPS) is 18.0. The van der Waals surface area contributed by atoms with Crippen LogP contribution in [-0.4, -0.2) is 5.78 Å². The molecule has 0 aromatic rings. The van der Waals surface area contributed by atoms with Crippen LogP contribution in [0.25, 0.3) is 0 Å². The molecule has 0 aliphatic heterocycles. The molecular formula is C5H7ORf-. The van der Waals surface area contributed by atoms with Crippen molar-refractivity contribution >= 4 is 5.78 Å². The maximum atomic E-state index is 10.2. The zero-order chi connectivity index (χ0) is 4.41. The molecule has 0 unspecified atom stereocenters. The first kappa shape index (κ1) is 5.54. The maximum absolute atomic E-state index is 10.2. The summed E-state index contributed by atoms with van der Waals surface area (Å²) in [6.07, 6.45) is 4.65. The molecule has 1 rings (SSSR count). The first-order valence-electron chi connectivity index (χ1n) is 2.25. The van der Waals surface area contributed by atoms with Gasteiger partial charge in [-0.3, -0.25) is 0 Å². The van der Waals surface area contributed by atoms with Gasteiger partial charge in [-0.05, 0) is 12.2 Å². The molecule has 7 heavy (non-hydrogen) atoms. The summed E-state index contributed by atoms with van der Waals surface area (Å²) in [4.78, 5) is 10.2. The van der Waals surface area contributed by atoms with Crippen LogP contribution < -0.4 is 0 Å². The Balaban J connectivity index is 0.000000360. The third-order valence-electron chi connectivity index (χ3n) is 0.999. The Morgan fingerprint density at radius 3 is 2.43 bits per heavy atom. The predicted octanol–water partition coefficient (Wildman–Crippen LogP) is 0.944. The van der Waals surface area contributed by atoms with E-state index in [1.165, 1.54) is 0 Å². The van der Waals surface area contributed by atoms with E-state index in [4.69, 9.17) is 0 Å². The Kier molecular flexibility index (Phi) is 1.47. The summed E-state index contributed by atoms with van der Waals surface area (Å²) in [7, 11) is 0. The molecule has 0 aromatic heterocycles. The van der Waals surface area contributed by atoms with Gasteiger partial charge in [0.15, 0.2) is 0 Å². The molecule has 1 aliphatic rings. The van der Waals surface area contributed by atoms with E-state index in [0.717, 1.165) is 19.3 Å². The number of Topliss-reactive ketones (excluding diaryl/α,β-unsaturated/α-hetero) is 1. The van der Waals surface area contributed by atoms with E-state index < -0.39 is 0 Å². The summed E-state index contributed by atoms with van der Waals surface area (Å²) >= 11 is 0. The van der Waals surface area contributed by atoms with Gasteiger partial charge in [-0.2, -0.15) is 6.42 Å². The summed E-state index contributed by atoms with van der Waals surface area (Å²) in [6, 6.07) is 0. The number of hydrogen-bond donors (Lipinski definition) is 0. The summed E-state index contributed by atoms with van der Waals surface area (Å²) < 4.78 is 0. The minimum atomic E-state index is 0. The number of ketones is 1. The Hall–Kier alpha value is -1.46. The van der Waals surface area contributed by atoms with Gasteiger partial charge in [0.1, 0.15) is 0 Å². The molecular weight excluding hydrogens is 343 g/mol. The molecule has 0 aromatic carbocycles. The molecule has 1 saturated carbocycles. The minimum absolute atomic E-state index is 0. The largest absolute Gasteiger partial charge is 0.334 e. The zero-order valence-corrected chi connectivity index (χ0v) is 10.7. The summed E-state index contributed by atoms with van der Waals surface area (Å²) in [5.41, 5.74) is 0. The molecule has 1 fully saturated rings. The van der Waals surface area contributed by atoms with Gasteiger partial charge in [0.05, 0.1) is 0 Å². The first-order chi connectivity index (χ1) is 2.89. The van der Waals surface area contributed by atoms with E-state index in [-0.39, 0.29) is 0 Å². The van der Waals surface area contributed by atoms with Gasteiger partial charge >= 0.3 is 0 Å². The van der Waals surface area contributed by atoms with Crippen LogP contribution in [0.4, 0.5) is 0 Å². The van der Waals surface area contributed by atoms with E-state index in [1.54, 1.807) is 6.42 Å². The molecule has 1 nitrogen and oxygen atoms in total. The minimum Gasteiger partial charge on any atom is -0.334 e. The molecule has 0 atom stereocenters. The van der Waals surface area contributed by atoms with Crippen molar-refractivity contribution in [3.05, 3.63) is 6.42 Å². The smallest absolute Gasteiger partial charge is 0 e. The summed E-state index contributed by atoms with van der Waals surface area (Å²) in [5.74, 6) is 0.329. The van der Waals surface area contributed by atoms with Crippen molar-refractivity contribution in [1.82, 2.24) is 0 Å². The Morgan fingerprint density at radius 1 is 1.57 bits per heavy atom. The third-order valence-corrected chi connectivity index (χ3v) is 0.999. The second kappa shape index (κ2) is 1.85. The zero-order valence-electron chi connectivity index (χ0n) is 4.31. The summed E-state index contributed by atoms with van der Waals surface area (Å²) in [5, 5.41) is 0. The molecule has 0 bridgehead atoms. The van der Waals surface area contributed by atoms with E-state index >= 15 is 0 Å². The van der Waals surface area contributed by atoms with Crippen molar-refractivity contribution in [2.75, 3.05) is 0 Å². The van der Waals surface area contributed by atoms with Gasteiger partial charge in [0, 0.05) is 0 Å². The van der Waals surface area contributed by atoms with Gasteiger partial charge < -0.3 is 11.2 Å². The number of carbonyl (C=O) groups is 1. The van der Waals surface area contributed by atoms with E-state index in [1.807, 2.05) is 0 Å². The average molecular weight is 350 g/mol. The number of hydrogen-bond acceptors (Lipinski definition) is 1. The van der Waals surface area contributed by atoms with Gasteiger partial charge in [0.25, 0.3) is 0 Å². The van der Waals surface area contributed by atoms with E-state index in [9.17, 15) is 4.79 Å². The molecule has 36 valence electrons. The topological polar surface area (TPSA) is 17.1 Å². The molecule has 0 saturated heterocycles. The second-order valence-corrected chi connectivity index (χ2v) is 1.56. The summed E-state index contributed by atoms with van der Waals surface area (Å²) in [6.45, 7) is 0. The fourth-order valence-electron chi connectivity index (χ4n) is 0.641. The van der Waals surface area contributed by atoms with Crippen molar-refractivity contribution in [2.24, 2.45) is 0 Å². The van der Waals surface area contributed by atoms with E-state index in [0.29, 0.717) is 5.78 Å². The van der Waals surface area contributed by atoms with Gasteiger partial charge in [-0.15, -0.1) is 0 Å². The van der Waals surface area contributed by atoms with Gasteiger partial charge in [0.2, 0.25) is 0 Å². The van der Waals surface area contributed by atoms with Crippen LogP contribution in [0.15, 0.2) is 0 Å². The second-order valence-electron chi connectivity index (χ2n) is 1.56. The monoisotopic (exact) mass is 350 g/mol. The van der Waals surface area contributed by atoms with Crippen LogP contribution in [0, 0.1) is 6.42 Å². The van der Waals surface area contributed by atoms with Crippen LogP contribution in [0.3, 0.4) is 0 Å². The van der Waals surface area contributed by atoms with Crippen molar-refractivity contribution in [1.29, 1.82) is 0 Å². The fraction of sp³-hybridized carbons (Fsp3) is 0.600. The van der Waals surface area contributed by atoms with Gasteiger partial charge in [-0.1, -0.05) is 6.42 Å². The SMILES string of the molecule is O=C1[CH-]CCC1.[Rf]. The Labute approximate surface area is 37.4 Å². The third kappa shape index (κ3) is 0.954. The molecule has 0 amide bonds. The van der Waals surface area contributed by atoms with Crippen molar-refractivity contribution in [2.45, 2.75) is 19.3 Å². The van der Waals surface area contributed by atoms with Crippen molar-refractivity contribution in [3.8, 4) is 0 Å². The molecule has 0 N–H and O–H groups in total. The van der Waals surface area contributed by atoms with Crippen LogP contribution in [0.1, 0.15) is 19.3 Å². The Bertz CT molecular complexity index is 62.5. The molecule has 1 aliphatic carbocycles. The van der Waals surface area contributed by atoms with Crippen LogP contribution in [-0.2, 0) is 4.79 Å². The number of rotatable bonds is 0. The molecule has 0 spiro atoms. The molecule has 0 heterocycles. The van der Waals surface area contributed by atoms with Crippen LogP contribution in [0.5, 0.6) is 0 Å². The average Bonchev–Trinajstić information content (AvgIpc) is 1.86. The molecule has 2 heteroatoms. The molecule has 0 radical (unpaired) electrons. The first-order valence-corrected chi connectivity index (χ1v) is 2.25. The maximum Gasteiger partial charge on any atom is 0 e. The fourth-order valence-corrected chi connectivity index (χ4v) is 0.641. The Morgan fingerprint density at radius 2 is 2.29 bits per heavy atom. The standard InChI is InChI=1S/C5H7O.Rf/c6-5-3-1-2-4-5;/h3H,1-2,4H2;/q-1;. The number of carbonyl (C=O) groups excluding carboxylic acids is 1. The van der Waals surface area contributed by atoms with Crippen molar-refractivity contribution in [3.63, 3.8) is 0 Å². The van der Waals surface area contributed by atoms with Gasteiger partial charge in [-0.25, -0.2) is 0 Å². The van der Waals surface area contributed by atoms with E-state index in [2.05, 4.69) is 0 Å². The van der Waals surface area contributed by atoms with Crippen LogP contribution in [0.2, 0.25) is 0 Å². The van der Waals surface area contributed by atoms with Crippen molar-refractivity contribution < 1.29 is 4.79 Å². The van der Waals surface area contributed by atoms with Crippen LogP contribution >= 0.6 is 0 Å². The quantitative estimate of drug-likeness (QED) is 0.595. The predicted molar refractivity (Wildman–Crippen MR) is 23.2 cm³/mol.